The van der Waals surface area contributed by atoms with Crippen LogP contribution in [0.1, 0.15) is 38.2 Å². The Morgan fingerprint density at radius 3 is 2.71 bits per heavy atom. The van der Waals surface area contributed by atoms with E-state index < -0.39 is 0 Å². The van der Waals surface area contributed by atoms with Gasteiger partial charge >= 0.3 is 5.97 Å². The number of ether oxygens (including phenoxy) is 1. The summed E-state index contributed by atoms with van der Waals surface area (Å²) in [7, 11) is 1.42. The smallest absolute Gasteiger partial charge is 0.305 e. The molecule has 0 saturated heterocycles. The molecule has 1 rings (SSSR count). The first-order valence-electron chi connectivity index (χ1n) is 6.04. The first-order chi connectivity index (χ1) is 8.15. The van der Waals surface area contributed by atoms with Crippen molar-refractivity contribution in [2.75, 3.05) is 19.0 Å². The van der Waals surface area contributed by atoms with Crippen molar-refractivity contribution in [3.63, 3.8) is 0 Å². The van der Waals surface area contributed by atoms with Crippen LogP contribution < -0.4 is 5.32 Å². The summed E-state index contributed by atoms with van der Waals surface area (Å²) in [5, 5.41) is 3.37. The number of benzene rings is 1. The van der Waals surface area contributed by atoms with Gasteiger partial charge < -0.3 is 10.1 Å². The predicted molar refractivity (Wildman–Crippen MR) is 70.3 cm³/mol. The van der Waals surface area contributed by atoms with E-state index in [2.05, 4.69) is 42.1 Å². The quantitative estimate of drug-likeness (QED) is 0.608. The molecule has 1 N–H and O–H groups in total. The maximum Gasteiger partial charge on any atom is 0.305 e. The highest BCUT2D eigenvalue weighted by molar-refractivity contribution is 5.69. The van der Waals surface area contributed by atoms with Crippen molar-refractivity contribution < 1.29 is 9.53 Å². The second-order valence-corrected chi connectivity index (χ2v) is 4.35. The molecular formula is C14H21NO2. The number of hydrogen-bond donors (Lipinski definition) is 1. The number of hydrogen-bond acceptors (Lipinski definition) is 3. The summed E-state index contributed by atoms with van der Waals surface area (Å²) in [5.74, 6) is 0.350. The third kappa shape index (κ3) is 4.47. The molecule has 0 fully saturated rings. The minimum absolute atomic E-state index is 0.149. The summed E-state index contributed by atoms with van der Waals surface area (Å²) < 4.78 is 4.60. The fourth-order valence-electron chi connectivity index (χ4n) is 1.72. The lowest BCUT2D eigenvalue weighted by atomic mass is 10.0. The molecule has 1 aromatic carbocycles. The molecule has 0 aliphatic heterocycles. The normalized spacial score (nSPS) is 10.4. The van der Waals surface area contributed by atoms with E-state index in [1.807, 2.05) is 6.07 Å². The molecule has 0 heterocycles. The Morgan fingerprint density at radius 1 is 1.35 bits per heavy atom. The van der Waals surface area contributed by atoms with Crippen LogP contribution in [-0.4, -0.2) is 19.6 Å². The van der Waals surface area contributed by atoms with E-state index in [1.54, 1.807) is 0 Å². The zero-order valence-corrected chi connectivity index (χ0v) is 10.8. The van der Waals surface area contributed by atoms with Crippen molar-refractivity contribution in [3.8, 4) is 0 Å². The van der Waals surface area contributed by atoms with E-state index >= 15 is 0 Å². The molecule has 94 valence electrons. The fraction of sp³-hybridized carbons (Fsp3) is 0.500. The molecule has 0 amide bonds. The second-order valence-electron chi connectivity index (χ2n) is 4.35. The Balaban J connectivity index is 2.44. The van der Waals surface area contributed by atoms with Gasteiger partial charge in [0.1, 0.15) is 0 Å². The molecule has 0 unspecified atom stereocenters. The Labute approximate surface area is 103 Å². The van der Waals surface area contributed by atoms with E-state index in [1.165, 1.54) is 12.7 Å². The highest BCUT2D eigenvalue weighted by atomic mass is 16.5. The molecule has 0 atom stereocenters. The summed E-state index contributed by atoms with van der Waals surface area (Å²) in [6.07, 6.45) is 1.26. The summed E-state index contributed by atoms with van der Waals surface area (Å²) in [6.45, 7) is 5.14. The van der Waals surface area contributed by atoms with Gasteiger partial charge in [0.2, 0.25) is 0 Å². The predicted octanol–water partition coefficient (Wildman–Crippen LogP) is 3.18. The number of carbonyl (C=O) groups excluding carboxylic acids is 1. The number of carbonyl (C=O) groups is 1. The lowest BCUT2D eigenvalue weighted by molar-refractivity contribution is -0.140. The molecule has 1 aromatic rings. The van der Waals surface area contributed by atoms with Gasteiger partial charge in [-0.2, -0.15) is 0 Å². The Morgan fingerprint density at radius 2 is 2.06 bits per heavy atom. The van der Waals surface area contributed by atoms with Crippen molar-refractivity contribution in [1.82, 2.24) is 0 Å². The minimum atomic E-state index is -0.149. The van der Waals surface area contributed by atoms with E-state index in [0.29, 0.717) is 12.3 Å². The van der Waals surface area contributed by atoms with Gasteiger partial charge in [-0.3, -0.25) is 4.79 Å². The Bertz CT molecular complexity index is 361. The summed E-state index contributed by atoms with van der Waals surface area (Å²) in [6, 6.07) is 8.28. The van der Waals surface area contributed by atoms with Crippen LogP contribution in [0.5, 0.6) is 0 Å². The average Bonchev–Trinajstić information content (AvgIpc) is 2.34. The average molecular weight is 235 g/mol. The topological polar surface area (TPSA) is 38.3 Å². The van der Waals surface area contributed by atoms with E-state index in [0.717, 1.165) is 18.7 Å². The maximum atomic E-state index is 10.9. The summed E-state index contributed by atoms with van der Waals surface area (Å²) in [5.41, 5.74) is 2.47. The molecule has 0 spiro atoms. The van der Waals surface area contributed by atoms with Crippen LogP contribution in [0.3, 0.4) is 0 Å². The molecule has 0 aliphatic rings. The van der Waals surface area contributed by atoms with Crippen LogP contribution in [0.2, 0.25) is 0 Å². The molecule has 0 radical (unpaired) electrons. The van der Waals surface area contributed by atoms with Gasteiger partial charge in [0.15, 0.2) is 0 Å². The number of nitrogens with one attached hydrogen (secondary N) is 1. The third-order valence-corrected chi connectivity index (χ3v) is 2.68. The summed E-state index contributed by atoms with van der Waals surface area (Å²) in [4.78, 5) is 10.9. The molecule has 0 aromatic heterocycles. The van der Waals surface area contributed by atoms with Crippen LogP contribution in [0, 0.1) is 0 Å². The second kappa shape index (κ2) is 6.94. The SMILES string of the molecule is COC(=O)CCCNc1ccccc1C(C)C. The maximum absolute atomic E-state index is 10.9. The van der Waals surface area contributed by atoms with Crippen molar-refractivity contribution in [2.45, 2.75) is 32.6 Å². The zero-order valence-electron chi connectivity index (χ0n) is 10.8. The molecular weight excluding hydrogens is 214 g/mol. The highest BCUT2D eigenvalue weighted by Crippen LogP contribution is 2.23. The molecule has 17 heavy (non-hydrogen) atoms. The molecule has 0 saturated carbocycles. The zero-order chi connectivity index (χ0) is 12.7. The van der Waals surface area contributed by atoms with Gasteiger partial charge in [-0.25, -0.2) is 0 Å². The van der Waals surface area contributed by atoms with Crippen molar-refractivity contribution in [1.29, 1.82) is 0 Å². The van der Waals surface area contributed by atoms with Gasteiger partial charge in [-0.15, -0.1) is 0 Å². The molecule has 3 heteroatoms. The minimum Gasteiger partial charge on any atom is -0.469 e. The van der Waals surface area contributed by atoms with Crippen LogP contribution in [0.25, 0.3) is 0 Å². The van der Waals surface area contributed by atoms with Gasteiger partial charge in [0.25, 0.3) is 0 Å². The Hall–Kier alpha value is -1.51. The molecule has 0 bridgehead atoms. The monoisotopic (exact) mass is 235 g/mol. The van der Waals surface area contributed by atoms with Gasteiger partial charge in [-0.05, 0) is 24.0 Å². The standard InChI is InChI=1S/C14H21NO2/c1-11(2)12-7-4-5-8-13(12)15-10-6-9-14(16)17-3/h4-5,7-8,11,15H,6,9-10H2,1-3H3. The van der Waals surface area contributed by atoms with Crippen molar-refractivity contribution in [3.05, 3.63) is 29.8 Å². The first kappa shape index (κ1) is 13.6. The van der Waals surface area contributed by atoms with E-state index in [-0.39, 0.29) is 5.97 Å². The van der Waals surface area contributed by atoms with Crippen LogP contribution >= 0.6 is 0 Å². The van der Waals surface area contributed by atoms with Crippen molar-refractivity contribution in [2.24, 2.45) is 0 Å². The number of rotatable bonds is 6. The largest absolute Gasteiger partial charge is 0.469 e. The van der Waals surface area contributed by atoms with Crippen LogP contribution in [0.4, 0.5) is 5.69 Å². The van der Waals surface area contributed by atoms with Gasteiger partial charge in [0, 0.05) is 18.7 Å². The number of esters is 1. The Kier molecular flexibility index (Phi) is 5.53. The summed E-state index contributed by atoms with van der Waals surface area (Å²) >= 11 is 0. The van der Waals surface area contributed by atoms with Gasteiger partial charge in [0.05, 0.1) is 7.11 Å². The van der Waals surface area contributed by atoms with Crippen LogP contribution in [0.15, 0.2) is 24.3 Å². The van der Waals surface area contributed by atoms with E-state index in [4.69, 9.17) is 0 Å². The van der Waals surface area contributed by atoms with Crippen LogP contribution in [-0.2, 0) is 9.53 Å². The number of anilines is 1. The molecule has 3 nitrogen and oxygen atoms in total. The van der Waals surface area contributed by atoms with E-state index in [9.17, 15) is 4.79 Å². The lowest BCUT2D eigenvalue weighted by Gasteiger charge is -2.14. The van der Waals surface area contributed by atoms with Crippen molar-refractivity contribution >= 4 is 11.7 Å². The molecule has 0 aliphatic carbocycles. The lowest BCUT2D eigenvalue weighted by Crippen LogP contribution is -2.08. The number of para-hydroxylation sites is 1. The third-order valence-electron chi connectivity index (χ3n) is 2.68. The number of methoxy groups -OCH3 is 1. The first-order valence-corrected chi connectivity index (χ1v) is 6.04. The fourth-order valence-corrected chi connectivity index (χ4v) is 1.72. The van der Waals surface area contributed by atoms with Gasteiger partial charge in [-0.1, -0.05) is 32.0 Å². The highest BCUT2D eigenvalue weighted by Gasteiger charge is 2.05.